The standard InChI is InChI=1S/C20H20BrClN4O2/c21-16-3-1-2-4-17(16)26-13-14(11-19(26)27)20(28)25-9-7-24(8-10-25)18-6-5-15(22)12-23-18/h1-6,12,14H,7-11,13H2. The molecule has 0 bridgehead atoms. The molecule has 2 amide bonds. The van der Waals surface area contributed by atoms with E-state index in [1.54, 1.807) is 11.1 Å². The normalized spacial score (nSPS) is 20.0. The maximum atomic E-state index is 13.0. The third kappa shape index (κ3) is 3.86. The molecule has 4 rings (SSSR count). The van der Waals surface area contributed by atoms with E-state index in [9.17, 15) is 9.59 Å². The van der Waals surface area contributed by atoms with Crippen LogP contribution in [0.3, 0.4) is 0 Å². The molecule has 1 unspecified atom stereocenters. The van der Waals surface area contributed by atoms with Crippen molar-refractivity contribution >= 4 is 50.9 Å². The van der Waals surface area contributed by atoms with Gasteiger partial charge in [0.25, 0.3) is 0 Å². The van der Waals surface area contributed by atoms with E-state index in [4.69, 9.17) is 11.6 Å². The Bertz CT molecular complexity index is 884. The highest BCUT2D eigenvalue weighted by molar-refractivity contribution is 9.10. The molecule has 2 aliphatic rings. The number of nitrogens with zero attached hydrogens (tertiary/aromatic N) is 4. The Hall–Kier alpha value is -2.12. The lowest BCUT2D eigenvalue weighted by atomic mass is 10.1. The molecule has 8 heteroatoms. The molecule has 28 heavy (non-hydrogen) atoms. The summed E-state index contributed by atoms with van der Waals surface area (Å²) in [6.07, 6.45) is 1.90. The molecular formula is C20H20BrClN4O2. The van der Waals surface area contributed by atoms with E-state index in [0.717, 1.165) is 29.1 Å². The summed E-state index contributed by atoms with van der Waals surface area (Å²) in [4.78, 5) is 35.5. The Labute approximate surface area is 177 Å². The van der Waals surface area contributed by atoms with E-state index in [1.807, 2.05) is 41.3 Å². The fourth-order valence-electron chi connectivity index (χ4n) is 3.75. The van der Waals surface area contributed by atoms with Crippen LogP contribution in [0.25, 0.3) is 0 Å². The van der Waals surface area contributed by atoms with Crippen LogP contribution in [0.5, 0.6) is 0 Å². The number of para-hydroxylation sites is 1. The van der Waals surface area contributed by atoms with Crippen molar-refractivity contribution in [3.8, 4) is 0 Å². The lowest BCUT2D eigenvalue weighted by Gasteiger charge is -2.36. The molecule has 2 aliphatic heterocycles. The topological polar surface area (TPSA) is 56.8 Å². The highest BCUT2D eigenvalue weighted by Gasteiger charge is 2.38. The molecule has 146 valence electrons. The summed E-state index contributed by atoms with van der Waals surface area (Å²) >= 11 is 9.39. The number of hydrogen-bond donors (Lipinski definition) is 0. The summed E-state index contributed by atoms with van der Waals surface area (Å²) in [6.45, 7) is 3.12. The molecule has 1 aromatic heterocycles. The monoisotopic (exact) mass is 462 g/mol. The highest BCUT2D eigenvalue weighted by Crippen LogP contribution is 2.32. The SMILES string of the molecule is O=C(C1CC(=O)N(c2ccccc2Br)C1)N1CCN(c2ccc(Cl)cn2)CC1. The first-order valence-electron chi connectivity index (χ1n) is 9.23. The molecule has 0 N–H and O–H groups in total. The van der Waals surface area contributed by atoms with Crippen molar-refractivity contribution in [3.63, 3.8) is 0 Å². The van der Waals surface area contributed by atoms with Crippen LogP contribution in [-0.4, -0.2) is 54.4 Å². The second kappa shape index (κ2) is 8.09. The van der Waals surface area contributed by atoms with Gasteiger partial charge in [0.05, 0.1) is 16.6 Å². The molecule has 0 spiro atoms. The van der Waals surface area contributed by atoms with Crippen molar-refractivity contribution in [1.29, 1.82) is 0 Å². The first kappa shape index (κ1) is 19.2. The van der Waals surface area contributed by atoms with E-state index in [1.165, 1.54) is 0 Å². The molecule has 0 aliphatic carbocycles. The molecular weight excluding hydrogens is 444 g/mol. The number of halogens is 2. The van der Waals surface area contributed by atoms with E-state index >= 15 is 0 Å². The second-order valence-corrected chi connectivity index (χ2v) is 8.29. The quantitative estimate of drug-likeness (QED) is 0.701. The van der Waals surface area contributed by atoms with Crippen LogP contribution in [0.15, 0.2) is 47.1 Å². The van der Waals surface area contributed by atoms with Crippen LogP contribution in [0, 0.1) is 5.92 Å². The summed E-state index contributed by atoms with van der Waals surface area (Å²) in [5.74, 6) is 0.633. The number of amides is 2. The Kier molecular flexibility index (Phi) is 5.55. The number of anilines is 2. The van der Waals surface area contributed by atoms with Crippen LogP contribution in [-0.2, 0) is 9.59 Å². The molecule has 1 atom stereocenters. The van der Waals surface area contributed by atoms with Gasteiger partial charge in [-0.25, -0.2) is 4.98 Å². The maximum Gasteiger partial charge on any atom is 0.228 e. The number of benzene rings is 1. The van der Waals surface area contributed by atoms with Gasteiger partial charge < -0.3 is 14.7 Å². The fourth-order valence-corrected chi connectivity index (χ4v) is 4.36. The van der Waals surface area contributed by atoms with Gasteiger partial charge in [-0.15, -0.1) is 0 Å². The molecule has 2 saturated heterocycles. The minimum Gasteiger partial charge on any atom is -0.353 e. The average molecular weight is 464 g/mol. The smallest absolute Gasteiger partial charge is 0.228 e. The minimum atomic E-state index is -0.292. The Morgan fingerprint density at radius 2 is 1.86 bits per heavy atom. The molecule has 0 radical (unpaired) electrons. The number of carbonyl (C=O) groups is 2. The summed E-state index contributed by atoms with van der Waals surface area (Å²) in [6, 6.07) is 11.3. The molecule has 1 aromatic carbocycles. The van der Waals surface area contributed by atoms with Crippen LogP contribution >= 0.6 is 27.5 Å². The van der Waals surface area contributed by atoms with Crippen molar-refractivity contribution in [2.24, 2.45) is 5.92 Å². The summed E-state index contributed by atoms with van der Waals surface area (Å²) < 4.78 is 0.862. The number of piperazine rings is 1. The van der Waals surface area contributed by atoms with Crippen LogP contribution in [0.2, 0.25) is 5.02 Å². The third-order valence-corrected chi connectivity index (χ3v) is 6.14. The molecule has 6 nitrogen and oxygen atoms in total. The maximum absolute atomic E-state index is 13.0. The van der Waals surface area contributed by atoms with E-state index in [-0.39, 0.29) is 24.2 Å². The number of hydrogen-bond acceptors (Lipinski definition) is 4. The van der Waals surface area contributed by atoms with Crippen LogP contribution < -0.4 is 9.80 Å². The van der Waals surface area contributed by atoms with E-state index in [2.05, 4.69) is 25.8 Å². The predicted molar refractivity (Wildman–Crippen MR) is 113 cm³/mol. The van der Waals surface area contributed by atoms with Crippen molar-refractivity contribution in [3.05, 3.63) is 52.1 Å². The lowest BCUT2D eigenvalue weighted by molar-refractivity contribution is -0.136. The van der Waals surface area contributed by atoms with E-state index in [0.29, 0.717) is 24.7 Å². The molecule has 0 saturated carbocycles. The fraction of sp³-hybridized carbons (Fsp3) is 0.350. The van der Waals surface area contributed by atoms with Crippen molar-refractivity contribution < 1.29 is 9.59 Å². The van der Waals surface area contributed by atoms with Gasteiger partial charge in [-0.1, -0.05) is 23.7 Å². The first-order chi connectivity index (χ1) is 13.5. The zero-order valence-electron chi connectivity index (χ0n) is 15.2. The number of rotatable bonds is 3. The van der Waals surface area contributed by atoms with Crippen molar-refractivity contribution in [1.82, 2.24) is 9.88 Å². The molecule has 2 aromatic rings. The van der Waals surface area contributed by atoms with Crippen molar-refractivity contribution in [2.45, 2.75) is 6.42 Å². The second-order valence-electron chi connectivity index (χ2n) is 7.00. The van der Waals surface area contributed by atoms with Gasteiger partial charge in [-0.05, 0) is 40.2 Å². The summed E-state index contributed by atoms with van der Waals surface area (Å²) in [7, 11) is 0. The Balaban J connectivity index is 1.37. The first-order valence-corrected chi connectivity index (χ1v) is 10.4. The largest absolute Gasteiger partial charge is 0.353 e. The van der Waals surface area contributed by atoms with Gasteiger partial charge in [-0.2, -0.15) is 0 Å². The Morgan fingerprint density at radius 1 is 1.11 bits per heavy atom. The van der Waals surface area contributed by atoms with Crippen LogP contribution in [0.4, 0.5) is 11.5 Å². The number of aromatic nitrogens is 1. The summed E-state index contributed by atoms with van der Waals surface area (Å²) in [5, 5.41) is 0.609. The molecule has 3 heterocycles. The van der Waals surface area contributed by atoms with Gasteiger partial charge in [-0.3, -0.25) is 9.59 Å². The highest BCUT2D eigenvalue weighted by atomic mass is 79.9. The van der Waals surface area contributed by atoms with Gasteiger partial charge in [0.15, 0.2) is 0 Å². The summed E-state index contributed by atoms with van der Waals surface area (Å²) in [5.41, 5.74) is 0.821. The molecule has 2 fully saturated rings. The van der Waals surface area contributed by atoms with Gasteiger partial charge >= 0.3 is 0 Å². The lowest BCUT2D eigenvalue weighted by Crippen LogP contribution is -2.51. The van der Waals surface area contributed by atoms with E-state index < -0.39 is 0 Å². The van der Waals surface area contributed by atoms with Gasteiger partial charge in [0.1, 0.15) is 5.82 Å². The third-order valence-electron chi connectivity index (χ3n) is 5.24. The number of carbonyl (C=O) groups excluding carboxylic acids is 2. The Morgan fingerprint density at radius 3 is 2.54 bits per heavy atom. The van der Waals surface area contributed by atoms with Gasteiger partial charge in [0, 0.05) is 49.8 Å². The average Bonchev–Trinajstić information content (AvgIpc) is 3.10. The predicted octanol–water partition coefficient (Wildman–Crippen LogP) is 3.20. The zero-order valence-corrected chi connectivity index (χ0v) is 17.6. The number of pyridine rings is 1. The van der Waals surface area contributed by atoms with Gasteiger partial charge in [0.2, 0.25) is 11.8 Å². The van der Waals surface area contributed by atoms with Crippen molar-refractivity contribution in [2.75, 3.05) is 42.5 Å². The minimum absolute atomic E-state index is 0.00532. The zero-order chi connectivity index (χ0) is 19.7. The van der Waals surface area contributed by atoms with Crippen LogP contribution in [0.1, 0.15) is 6.42 Å².